The molecule has 1 aromatic heterocycles. The first kappa shape index (κ1) is 12.0. The minimum atomic E-state index is 0.933. The first-order valence-electron chi connectivity index (χ1n) is 6.70. The van der Waals surface area contributed by atoms with Gasteiger partial charge in [-0.3, -0.25) is 0 Å². The van der Waals surface area contributed by atoms with E-state index in [9.17, 15) is 0 Å². The van der Waals surface area contributed by atoms with Gasteiger partial charge in [-0.05, 0) is 25.0 Å². The summed E-state index contributed by atoms with van der Waals surface area (Å²) in [6, 6.07) is 12.3. The molecule has 4 heteroatoms. The molecule has 0 unspecified atom stereocenters. The monoisotopic (exact) mass is 254 g/mol. The largest absolute Gasteiger partial charge is 0.356 e. The number of anilines is 3. The van der Waals surface area contributed by atoms with Crippen molar-refractivity contribution in [2.75, 3.05) is 29.9 Å². The molecule has 0 amide bonds. The highest BCUT2D eigenvalue weighted by molar-refractivity contribution is 5.61. The van der Waals surface area contributed by atoms with E-state index in [2.05, 4.69) is 38.0 Å². The van der Waals surface area contributed by atoms with Gasteiger partial charge in [-0.1, -0.05) is 18.2 Å². The van der Waals surface area contributed by atoms with Crippen molar-refractivity contribution in [3.05, 3.63) is 42.7 Å². The minimum Gasteiger partial charge on any atom is -0.356 e. The standard InChI is InChI=1S/C15H18N4/c1-18(13-7-3-2-4-8-13)14-11-15(17-12-16-14)19-9-5-6-10-19/h2-4,7-8,11-12H,5-6,9-10H2,1H3. The third kappa shape index (κ3) is 2.52. The van der Waals surface area contributed by atoms with E-state index in [1.807, 2.05) is 25.2 Å². The van der Waals surface area contributed by atoms with Crippen LogP contribution in [0.2, 0.25) is 0 Å². The summed E-state index contributed by atoms with van der Waals surface area (Å²) >= 11 is 0. The molecule has 3 rings (SSSR count). The van der Waals surface area contributed by atoms with Crippen molar-refractivity contribution in [2.24, 2.45) is 0 Å². The normalized spacial score (nSPS) is 14.7. The lowest BCUT2D eigenvalue weighted by atomic mass is 10.3. The summed E-state index contributed by atoms with van der Waals surface area (Å²) in [5.41, 5.74) is 1.13. The van der Waals surface area contributed by atoms with Gasteiger partial charge in [-0.15, -0.1) is 0 Å². The molecule has 0 atom stereocenters. The minimum absolute atomic E-state index is 0.933. The molecule has 0 radical (unpaired) electrons. The van der Waals surface area contributed by atoms with Gasteiger partial charge >= 0.3 is 0 Å². The van der Waals surface area contributed by atoms with Gasteiger partial charge in [0.1, 0.15) is 18.0 Å². The fraction of sp³-hybridized carbons (Fsp3) is 0.333. The molecular formula is C15H18N4. The Bertz CT molecular complexity index is 535. The number of aromatic nitrogens is 2. The molecule has 1 saturated heterocycles. The smallest absolute Gasteiger partial charge is 0.138 e. The van der Waals surface area contributed by atoms with Gasteiger partial charge in [-0.25, -0.2) is 9.97 Å². The van der Waals surface area contributed by atoms with Crippen molar-refractivity contribution >= 4 is 17.3 Å². The Hall–Kier alpha value is -2.10. The van der Waals surface area contributed by atoms with Crippen molar-refractivity contribution < 1.29 is 0 Å². The van der Waals surface area contributed by atoms with Gasteiger partial charge in [0.25, 0.3) is 0 Å². The van der Waals surface area contributed by atoms with Gasteiger partial charge in [0.05, 0.1) is 0 Å². The number of nitrogens with zero attached hydrogens (tertiary/aromatic N) is 4. The number of hydrogen-bond donors (Lipinski definition) is 0. The van der Waals surface area contributed by atoms with Crippen molar-refractivity contribution in [1.29, 1.82) is 0 Å². The van der Waals surface area contributed by atoms with Crippen LogP contribution in [0.4, 0.5) is 17.3 Å². The average Bonchev–Trinajstić information content (AvgIpc) is 3.02. The third-order valence-electron chi connectivity index (χ3n) is 3.56. The van der Waals surface area contributed by atoms with Crippen LogP contribution in [0.5, 0.6) is 0 Å². The Morgan fingerprint density at radius 2 is 1.79 bits per heavy atom. The number of para-hydroxylation sites is 1. The van der Waals surface area contributed by atoms with Crippen molar-refractivity contribution in [3.63, 3.8) is 0 Å². The second-order valence-corrected chi connectivity index (χ2v) is 4.82. The maximum atomic E-state index is 4.39. The van der Waals surface area contributed by atoms with E-state index in [0.717, 1.165) is 30.4 Å². The highest BCUT2D eigenvalue weighted by Crippen LogP contribution is 2.25. The topological polar surface area (TPSA) is 32.3 Å². The highest BCUT2D eigenvalue weighted by Gasteiger charge is 2.15. The number of hydrogen-bond acceptors (Lipinski definition) is 4. The Morgan fingerprint density at radius 1 is 1.05 bits per heavy atom. The van der Waals surface area contributed by atoms with Crippen LogP contribution in [-0.2, 0) is 0 Å². The summed E-state index contributed by atoms with van der Waals surface area (Å²) < 4.78 is 0. The third-order valence-corrected chi connectivity index (χ3v) is 3.56. The first-order chi connectivity index (χ1) is 9.34. The molecule has 0 bridgehead atoms. The van der Waals surface area contributed by atoms with E-state index in [1.54, 1.807) is 6.33 Å². The molecule has 2 aromatic rings. The fourth-order valence-electron chi connectivity index (χ4n) is 2.42. The summed E-state index contributed by atoms with van der Waals surface area (Å²) in [5.74, 6) is 1.97. The lowest BCUT2D eigenvalue weighted by molar-refractivity contribution is 0.923. The molecule has 4 nitrogen and oxygen atoms in total. The van der Waals surface area contributed by atoms with Crippen LogP contribution in [-0.4, -0.2) is 30.1 Å². The molecular weight excluding hydrogens is 236 g/mol. The lowest BCUT2D eigenvalue weighted by Crippen LogP contribution is -2.20. The molecule has 0 saturated carbocycles. The molecule has 98 valence electrons. The summed E-state index contributed by atoms with van der Waals surface area (Å²) in [7, 11) is 2.03. The summed E-state index contributed by atoms with van der Waals surface area (Å²) in [6.45, 7) is 2.21. The van der Waals surface area contributed by atoms with Gasteiger partial charge in [0.15, 0.2) is 0 Å². The maximum absolute atomic E-state index is 4.39. The summed E-state index contributed by atoms with van der Waals surface area (Å²) in [5, 5.41) is 0. The van der Waals surface area contributed by atoms with Crippen LogP contribution in [0, 0.1) is 0 Å². The van der Waals surface area contributed by atoms with E-state index in [1.165, 1.54) is 12.8 Å². The molecule has 1 aliphatic rings. The van der Waals surface area contributed by atoms with Gasteiger partial charge in [-0.2, -0.15) is 0 Å². The van der Waals surface area contributed by atoms with Crippen LogP contribution >= 0.6 is 0 Å². The molecule has 1 aliphatic heterocycles. The van der Waals surface area contributed by atoms with Crippen LogP contribution in [0.25, 0.3) is 0 Å². The average molecular weight is 254 g/mol. The Morgan fingerprint density at radius 3 is 2.53 bits per heavy atom. The van der Waals surface area contributed by atoms with Crippen LogP contribution < -0.4 is 9.80 Å². The Balaban J connectivity index is 1.86. The fourth-order valence-corrected chi connectivity index (χ4v) is 2.42. The van der Waals surface area contributed by atoms with E-state index < -0.39 is 0 Å². The van der Waals surface area contributed by atoms with Crippen molar-refractivity contribution in [2.45, 2.75) is 12.8 Å². The van der Waals surface area contributed by atoms with Crippen LogP contribution in [0.1, 0.15) is 12.8 Å². The summed E-state index contributed by atoms with van der Waals surface area (Å²) in [6.07, 6.45) is 4.17. The zero-order chi connectivity index (χ0) is 13.1. The Labute approximate surface area is 113 Å². The maximum Gasteiger partial charge on any atom is 0.138 e. The molecule has 19 heavy (non-hydrogen) atoms. The molecule has 2 heterocycles. The lowest BCUT2D eigenvalue weighted by Gasteiger charge is -2.21. The highest BCUT2D eigenvalue weighted by atomic mass is 15.2. The molecule has 1 aromatic carbocycles. The van der Waals surface area contributed by atoms with Crippen molar-refractivity contribution in [3.8, 4) is 0 Å². The quantitative estimate of drug-likeness (QED) is 0.843. The summed E-state index contributed by atoms with van der Waals surface area (Å²) in [4.78, 5) is 13.2. The molecule has 0 N–H and O–H groups in total. The van der Waals surface area contributed by atoms with Crippen molar-refractivity contribution in [1.82, 2.24) is 9.97 Å². The van der Waals surface area contributed by atoms with E-state index in [0.29, 0.717) is 0 Å². The van der Waals surface area contributed by atoms with Crippen LogP contribution in [0.15, 0.2) is 42.7 Å². The van der Waals surface area contributed by atoms with E-state index in [-0.39, 0.29) is 0 Å². The zero-order valence-corrected chi connectivity index (χ0v) is 11.2. The number of rotatable bonds is 3. The zero-order valence-electron chi connectivity index (χ0n) is 11.2. The molecule has 0 spiro atoms. The van der Waals surface area contributed by atoms with E-state index in [4.69, 9.17) is 0 Å². The van der Waals surface area contributed by atoms with Gasteiger partial charge in [0, 0.05) is 31.9 Å². The molecule has 1 fully saturated rings. The van der Waals surface area contributed by atoms with Gasteiger partial charge in [0.2, 0.25) is 0 Å². The number of benzene rings is 1. The SMILES string of the molecule is CN(c1ccccc1)c1cc(N2CCCC2)ncn1. The second-order valence-electron chi connectivity index (χ2n) is 4.82. The molecule has 0 aliphatic carbocycles. The second kappa shape index (κ2) is 5.26. The predicted octanol–water partition coefficient (Wildman–Crippen LogP) is 2.84. The predicted molar refractivity (Wildman–Crippen MR) is 78.0 cm³/mol. The van der Waals surface area contributed by atoms with E-state index >= 15 is 0 Å². The van der Waals surface area contributed by atoms with Gasteiger partial charge < -0.3 is 9.80 Å². The van der Waals surface area contributed by atoms with Crippen LogP contribution in [0.3, 0.4) is 0 Å². The first-order valence-corrected chi connectivity index (χ1v) is 6.70. The Kier molecular flexibility index (Phi) is 3.31.